The van der Waals surface area contributed by atoms with Crippen molar-refractivity contribution in [3.05, 3.63) is 29.8 Å². The number of halogens is 1. The Bertz CT molecular complexity index is 715. The normalized spacial score (nSPS) is 16.2. The summed E-state index contributed by atoms with van der Waals surface area (Å²) in [6, 6.07) is 6.94. The summed E-state index contributed by atoms with van der Waals surface area (Å²) >= 11 is 0. The van der Waals surface area contributed by atoms with Crippen LogP contribution in [0.5, 0.6) is 0 Å². The van der Waals surface area contributed by atoms with Crippen LogP contribution in [0.25, 0.3) is 0 Å². The van der Waals surface area contributed by atoms with Gasteiger partial charge in [0.15, 0.2) is 5.96 Å². The predicted molar refractivity (Wildman–Crippen MR) is 130 cm³/mol. The van der Waals surface area contributed by atoms with Crippen molar-refractivity contribution >= 4 is 40.0 Å². The van der Waals surface area contributed by atoms with E-state index in [2.05, 4.69) is 20.5 Å². The van der Waals surface area contributed by atoms with Crippen molar-refractivity contribution < 1.29 is 8.42 Å². The third-order valence-electron chi connectivity index (χ3n) is 5.03. The number of nitrogens with zero attached hydrogens (tertiary/aromatic N) is 3. The molecule has 1 aromatic carbocycles. The van der Waals surface area contributed by atoms with Crippen LogP contribution < -0.4 is 10.6 Å². The number of rotatable bonds is 8. The Labute approximate surface area is 193 Å². The molecular formula is C20H36IN5O2S. The van der Waals surface area contributed by atoms with Gasteiger partial charge in [0.2, 0.25) is 10.0 Å². The Balaban J connectivity index is 0.00000420. The van der Waals surface area contributed by atoms with Gasteiger partial charge in [-0.05, 0) is 56.6 Å². The summed E-state index contributed by atoms with van der Waals surface area (Å²) < 4.78 is 25.4. The van der Waals surface area contributed by atoms with Crippen LogP contribution in [0, 0.1) is 0 Å². The first-order valence-corrected chi connectivity index (χ1v) is 11.6. The molecule has 0 amide bonds. The van der Waals surface area contributed by atoms with E-state index in [1.54, 1.807) is 19.2 Å². The van der Waals surface area contributed by atoms with Crippen LogP contribution in [-0.2, 0) is 16.6 Å². The summed E-state index contributed by atoms with van der Waals surface area (Å²) in [6.07, 6.45) is 6.48. The van der Waals surface area contributed by atoms with Gasteiger partial charge in [0.1, 0.15) is 0 Å². The number of hydrogen-bond donors (Lipinski definition) is 2. The molecule has 9 heteroatoms. The molecule has 0 radical (unpaired) electrons. The fourth-order valence-electron chi connectivity index (χ4n) is 3.27. The summed E-state index contributed by atoms with van der Waals surface area (Å²) in [5.41, 5.74) is 1.00. The van der Waals surface area contributed by atoms with Crippen molar-refractivity contribution in [2.75, 3.05) is 47.3 Å². The molecule has 0 unspecified atom stereocenters. The zero-order valence-electron chi connectivity index (χ0n) is 17.9. The molecule has 2 N–H and O–H groups in total. The molecule has 29 heavy (non-hydrogen) atoms. The van der Waals surface area contributed by atoms with Crippen molar-refractivity contribution in [2.45, 2.75) is 43.5 Å². The minimum Gasteiger partial charge on any atom is -0.356 e. The van der Waals surface area contributed by atoms with Gasteiger partial charge in [-0.1, -0.05) is 25.0 Å². The van der Waals surface area contributed by atoms with Crippen LogP contribution in [0.2, 0.25) is 0 Å². The fraction of sp³-hybridized carbons (Fsp3) is 0.650. The summed E-state index contributed by atoms with van der Waals surface area (Å²) in [7, 11) is 1.45. The maximum absolute atomic E-state index is 12.1. The smallest absolute Gasteiger partial charge is 0.242 e. The molecule has 1 heterocycles. The van der Waals surface area contributed by atoms with Crippen molar-refractivity contribution in [2.24, 2.45) is 4.99 Å². The summed E-state index contributed by atoms with van der Waals surface area (Å²) in [6.45, 7) is 5.06. The Morgan fingerprint density at radius 1 is 1.07 bits per heavy atom. The van der Waals surface area contributed by atoms with E-state index in [-0.39, 0.29) is 24.0 Å². The largest absolute Gasteiger partial charge is 0.356 e. The highest BCUT2D eigenvalue weighted by Gasteiger charge is 2.16. The third-order valence-corrected chi connectivity index (χ3v) is 6.86. The van der Waals surface area contributed by atoms with Crippen molar-refractivity contribution in [1.29, 1.82) is 0 Å². The van der Waals surface area contributed by atoms with E-state index in [1.807, 2.05) is 12.1 Å². The van der Waals surface area contributed by atoms with E-state index < -0.39 is 10.0 Å². The topological polar surface area (TPSA) is 77.0 Å². The monoisotopic (exact) mass is 537 g/mol. The molecule has 1 saturated heterocycles. The third kappa shape index (κ3) is 8.77. The first kappa shape index (κ1) is 26.1. The quantitative estimate of drug-likeness (QED) is 0.231. The molecule has 0 aromatic heterocycles. The molecule has 7 nitrogen and oxygen atoms in total. The molecule has 1 aliphatic rings. The van der Waals surface area contributed by atoms with Gasteiger partial charge in [0.05, 0.1) is 4.90 Å². The average molecular weight is 538 g/mol. The van der Waals surface area contributed by atoms with E-state index in [9.17, 15) is 8.42 Å². The fourth-order valence-corrected chi connectivity index (χ4v) is 4.17. The zero-order chi connectivity index (χ0) is 20.4. The SMILES string of the molecule is CN=C(NCCCN1CCCCCC1)NCc1ccc(S(=O)(=O)N(C)C)cc1.I. The second-order valence-corrected chi connectivity index (χ2v) is 9.55. The number of sulfonamides is 1. The van der Waals surface area contributed by atoms with E-state index in [0.29, 0.717) is 11.4 Å². The van der Waals surface area contributed by atoms with Gasteiger partial charge in [0, 0.05) is 34.2 Å². The van der Waals surface area contributed by atoms with Gasteiger partial charge in [-0.15, -0.1) is 24.0 Å². The highest BCUT2D eigenvalue weighted by atomic mass is 127. The van der Waals surface area contributed by atoms with Gasteiger partial charge in [-0.25, -0.2) is 12.7 Å². The van der Waals surface area contributed by atoms with Gasteiger partial charge in [0.25, 0.3) is 0 Å². The second-order valence-electron chi connectivity index (χ2n) is 7.39. The maximum Gasteiger partial charge on any atom is 0.242 e. The maximum atomic E-state index is 12.1. The summed E-state index contributed by atoms with van der Waals surface area (Å²) in [4.78, 5) is 7.13. The van der Waals surface area contributed by atoms with Crippen LogP contribution in [0.4, 0.5) is 0 Å². The Hall–Kier alpha value is -0.910. The van der Waals surface area contributed by atoms with E-state index in [4.69, 9.17) is 0 Å². The molecule has 166 valence electrons. The lowest BCUT2D eigenvalue weighted by Gasteiger charge is -2.20. The summed E-state index contributed by atoms with van der Waals surface area (Å²) in [5, 5.41) is 6.64. The Kier molecular flexibility index (Phi) is 12.1. The van der Waals surface area contributed by atoms with E-state index in [1.165, 1.54) is 57.2 Å². The minimum absolute atomic E-state index is 0. The van der Waals surface area contributed by atoms with Crippen LogP contribution in [-0.4, -0.2) is 70.9 Å². The Morgan fingerprint density at radius 3 is 2.24 bits per heavy atom. The number of guanidine groups is 1. The van der Waals surface area contributed by atoms with Crippen LogP contribution >= 0.6 is 24.0 Å². The lowest BCUT2D eigenvalue weighted by atomic mass is 10.2. The second kappa shape index (κ2) is 13.4. The highest BCUT2D eigenvalue weighted by molar-refractivity contribution is 14.0. The van der Waals surface area contributed by atoms with E-state index >= 15 is 0 Å². The zero-order valence-corrected chi connectivity index (χ0v) is 21.0. The standard InChI is InChI=1S/C20H35N5O2S.HI/c1-21-20(22-13-8-16-25-14-6-4-5-7-15-25)23-17-18-9-11-19(12-10-18)28(26,27)24(2)3;/h9-12H,4-8,13-17H2,1-3H3,(H2,21,22,23);1H. The number of likely N-dealkylation sites (tertiary alicyclic amines) is 1. The molecule has 1 fully saturated rings. The van der Waals surface area contributed by atoms with Gasteiger partial charge >= 0.3 is 0 Å². The van der Waals surface area contributed by atoms with Gasteiger partial charge < -0.3 is 15.5 Å². The predicted octanol–water partition coefficient (Wildman–Crippen LogP) is 2.49. The number of benzene rings is 1. The Morgan fingerprint density at radius 2 is 1.69 bits per heavy atom. The molecule has 1 aromatic rings. The van der Waals surface area contributed by atoms with Crippen molar-refractivity contribution in [3.63, 3.8) is 0 Å². The molecule has 0 aliphatic carbocycles. The lowest BCUT2D eigenvalue weighted by Crippen LogP contribution is -2.38. The highest BCUT2D eigenvalue weighted by Crippen LogP contribution is 2.14. The van der Waals surface area contributed by atoms with Crippen molar-refractivity contribution in [3.8, 4) is 0 Å². The molecule has 0 bridgehead atoms. The van der Waals surface area contributed by atoms with Gasteiger partial charge in [-0.2, -0.15) is 0 Å². The molecule has 0 atom stereocenters. The minimum atomic E-state index is -3.38. The number of aliphatic imine (C=N–C) groups is 1. The van der Waals surface area contributed by atoms with Crippen LogP contribution in [0.3, 0.4) is 0 Å². The van der Waals surface area contributed by atoms with Gasteiger partial charge in [-0.3, -0.25) is 4.99 Å². The molecule has 0 saturated carbocycles. The first-order valence-electron chi connectivity index (χ1n) is 10.1. The average Bonchev–Trinajstić information content (AvgIpc) is 2.96. The molecular weight excluding hydrogens is 501 g/mol. The van der Waals surface area contributed by atoms with Crippen molar-refractivity contribution in [1.82, 2.24) is 19.8 Å². The lowest BCUT2D eigenvalue weighted by molar-refractivity contribution is 0.282. The first-order chi connectivity index (χ1) is 13.4. The van der Waals surface area contributed by atoms with Crippen LogP contribution in [0.1, 0.15) is 37.7 Å². The molecule has 1 aliphatic heterocycles. The van der Waals surface area contributed by atoms with Crippen LogP contribution in [0.15, 0.2) is 34.2 Å². The molecule has 0 spiro atoms. The van der Waals surface area contributed by atoms with E-state index in [0.717, 1.165) is 31.0 Å². The summed E-state index contributed by atoms with van der Waals surface area (Å²) in [5.74, 6) is 0.765. The molecule has 2 rings (SSSR count). The number of hydrogen-bond acceptors (Lipinski definition) is 4. The number of nitrogens with one attached hydrogen (secondary N) is 2.